The van der Waals surface area contributed by atoms with Crippen LogP contribution in [0.25, 0.3) is 0 Å². The fraction of sp³-hybridized carbons (Fsp3) is 0.929. The molecule has 2 heterocycles. The second kappa shape index (κ2) is 7.74. The van der Waals surface area contributed by atoms with Gasteiger partial charge in [-0.2, -0.15) is 0 Å². The molecule has 2 N–H and O–H groups in total. The lowest BCUT2D eigenvalue weighted by Crippen LogP contribution is -2.31. The molecule has 2 aliphatic rings. The highest BCUT2D eigenvalue weighted by molar-refractivity contribution is 5.75. The molecule has 0 saturated carbocycles. The van der Waals surface area contributed by atoms with Gasteiger partial charge in [0.05, 0.1) is 6.10 Å². The largest absolute Gasteiger partial charge is 0.378 e. The summed E-state index contributed by atoms with van der Waals surface area (Å²) in [5.74, 6) is 0.183. The van der Waals surface area contributed by atoms with Crippen LogP contribution in [0, 0.1) is 0 Å². The smallest absolute Gasteiger partial charge is 0.220 e. The van der Waals surface area contributed by atoms with Crippen molar-refractivity contribution in [3.8, 4) is 0 Å². The minimum absolute atomic E-state index is 0.183. The molecule has 18 heavy (non-hydrogen) atoms. The zero-order valence-corrected chi connectivity index (χ0v) is 11.2. The van der Waals surface area contributed by atoms with Gasteiger partial charge in [0, 0.05) is 25.6 Å². The third-order valence-corrected chi connectivity index (χ3v) is 3.94. The molecule has 0 bridgehead atoms. The van der Waals surface area contributed by atoms with E-state index in [1.165, 1.54) is 25.7 Å². The minimum atomic E-state index is 0.183. The Kier molecular flexibility index (Phi) is 5.94. The monoisotopic (exact) mass is 254 g/mol. The molecule has 4 heteroatoms. The summed E-state index contributed by atoms with van der Waals surface area (Å²) in [5.41, 5.74) is 0. The molecule has 2 saturated heterocycles. The molecular formula is C14H26N2O2. The quantitative estimate of drug-likeness (QED) is 0.757. The van der Waals surface area contributed by atoms with Gasteiger partial charge in [0.1, 0.15) is 0 Å². The average Bonchev–Trinajstić information content (AvgIpc) is 2.91. The zero-order chi connectivity index (χ0) is 12.6. The molecule has 2 rings (SSSR count). The highest BCUT2D eigenvalue weighted by atomic mass is 16.5. The van der Waals surface area contributed by atoms with E-state index in [1.807, 2.05) is 0 Å². The van der Waals surface area contributed by atoms with Crippen LogP contribution in [0.2, 0.25) is 0 Å². The first-order valence-corrected chi connectivity index (χ1v) is 7.46. The number of carbonyl (C=O) groups excluding carboxylic acids is 1. The maximum Gasteiger partial charge on any atom is 0.220 e. The Morgan fingerprint density at radius 2 is 2.17 bits per heavy atom. The van der Waals surface area contributed by atoms with Gasteiger partial charge in [-0.3, -0.25) is 4.79 Å². The van der Waals surface area contributed by atoms with Gasteiger partial charge in [-0.25, -0.2) is 0 Å². The fourth-order valence-corrected chi connectivity index (χ4v) is 2.80. The lowest BCUT2D eigenvalue weighted by molar-refractivity contribution is -0.122. The predicted molar refractivity (Wildman–Crippen MR) is 71.5 cm³/mol. The molecule has 1 amide bonds. The van der Waals surface area contributed by atoms with Crippen molar-refractivity contribution in [2.45, 2.75) is 63.5 Å². The number of carbonyl (C=O) groups is 1. The topological polar surface area (TPSA) is 50.4 Å². The first-order valence-electron chi connectivity index (χ1n) is 7.46. The first-order chi connectivity index (χ1) is 8.84. The lowest BCUT2D eigenvalue weighted by atomic mass is 10.0. The SMILES string of the molecule is O=C(CCC1CCCCO1)NCC[C@H]1CCCN1. The number of hydrogen-bond donors (Lipinski definition) is 2. The van der Waals surface area contributed by atoms with Crippen LogP contribution in [0.1, 0.15) is 51.4 Å². The number of amides is 1. The summed E-state index contributed by atoms with van der Waals surface area (Å²) in [6, 6.07) is 0.618. The first kappa shape index (κ1) is 13.8. The molecule has 4 nitrogen and oxygen atoms in total. The number of nitrogens with one attached hydrogen (secondary N) is 2. The van der Waals surface area contributed by atoms with E-state index >= 15 is 0 Å². The van der Waals surface area contributed by atoms with Crippen LogP contribution in [-0.2, 0) is 9.53 Å². The van der Waals surface area contributed by atoms with Crippen LogP contribution in [0.3, 0.4) is 0 Å². The summed E-state index contributed by atoms with van der Waals surface area (Å²) in [6.45, 7) is 2.82. The summed E-state index contributed by atoms with van der Waals surface area (Å²) in [7, 11) is 0. The average molecular weight is 254 g/mol. The third-order valence-electron chi connectivity index (χ3n) is 3.94. The normalized spacial score (nSPS) is 28.2. The van der Waals surface area contributed by atoms with Crippen LogP contribution in [0.15, 0.2) is 0 Å². The van der Waals surface area contributed by atoms with Crippen molar-refractivity contribution < 1.29 is 9.53 Å². The van der Waals surface area contributed by atoms with Crippen LogP contribution < -0.4 is 10.6 Å². The van der Waals surface area contributed by atoms with E-state index in [2.05, 4.69) is 10.6 Å². The second-order valence-corrected chi connectivity index (χ2v) is 5.46. The molecule has 0 radical (unpaired) electrons. The predicted octanol–water partition coefficient (Wildman–Crippen LogP) is 1.59. The number of rotatable bonds is 6. The van der Waals surface area contributed by atoms with E-state index in [4.69, 9.17) is 4.74 Å². The van der Waals surface area contributed by atoms with Gasteiger partial charge in [-0.05, 0) is 51.5 Å². The van der Waals surface area contributed by atoms with Crippen LogP contribution in [0.5, 0.6) is 0 Å². The highest BCUT2D eigenvalue weighted by Crippen LogP contribution is 2.16. The molecule has 2 atom stereocenters. The molecular weight excluding hydrogens is 228 g/mol. The maximum atomic E-state index is 11.7. The molecule has 0 aromatic heterocycles. The van der Waals surface area contributed by atoms with Crippen LogP contribution in [-0.4, -0.2) is 37.7 Å². The number of ether oxygens (including phenoxy) is 1. The van der Waals surface area contributed by atoms with E-state index in [9.17, 15) is 4.79 Å². The van der Waals surface area contributed by atoms with Crippen molar-refractivity contribution in [3.63, 3.8) is 0 Å². The van der Waals surface area contributed by atoms with Crippen molar-refractivity contribution in [1.29, 1.82) is 0 Å². The van der Waals surface area contributed by atoms with Gasteiger partial charge >= 0.3 is 0 Å². The van der Waals surface area contributed by atoms with Gasteiger partial charge in [-0.1, -0.05) is 0 Å². The Morgan fingerprint density at radius 1 is 1.22 bits per heavy atom. The molecule has 0 aromatic rings. The molecule has 2 fully saturated rings. The van der Waals surface area contributed by atoms with E-state index in [1.54, 1.807) is 0 Å². The molecule has 1 unspecified atom stereocenters. The van der Waals surface area contributed by atoms with Gasteiger partial charge in [0.25, 0.3) is 0 Å². The standard InChI is InChI=1S/C14H26N2O2/c17-14(7-6-13-5-1-2-11-18-13)16-10-8-12-4-3-9-15-12/h12-13,15H,1-11H2,(H,16,17)/t12-,13?/m1/s1. The molecule has 0 spiro atoms. The van der Waals surface area contributed by atoms with Gasteiger partial charge < -0.3 is 15.4 Å². The minimum Gasteiger partial charge on any atom is -0.378 e. The Hall–Kier alpha value is -0.610. The summed E-state index contributed by atoms with van der Waals surface area (Å²) in [6.07, 6.45) is 8.96. The van der Waals surface area contributed by atoms with Crippen molar-refractivity contribution in [2.24, 2.45) is 0 Å². The number of hydrogen-bond acceptors (Lipinski definition) is 3. The summed E-state index contributed by atoms with van der Waals surface area (Å²) >= 11 is 0. The fourth-order valence-electron chi connectivity index (χ4n) is 2.80. The Balaban J connectivity index is 1.49. The van der Waals surface area contributed by atoms with E-state index < -0.39 is 0 Å². The van der Waals surface area contributed by atoms with Crippen molar-refractivity contribution in [2.75, 3.05) is 19.7 Å². The van der Waals surface area contributed by atoms with Crippen LogP contribution in [0.4, 0.5) is 0 Å². The summed E-state index contributed by atoms with van der Waals surface area (Å²) in [4.78, 5) is 11.7. The van der Waals surface area contributed by atoms with E-state index in [0.717, 1.165) is 39.0 Å². The molecule has 0 aromatic carbocycles. The van der Waals surface area contributed by atoms with E-state index in [-0.39, 0.29) is 5.91 Å². The molecule has 0 aliphatic carbocycles. The van der Waals surface area contributed by atoms with Crippen molar-refractivity contribution >= 4 is 5.91 Å². The second-order valence-electron chi connectivity index (χ2n) is 5.46. The third kappa shape index (κ3) is 4.94. The molecule has 104 valence electrons. The van der Waals surface area contributed by atoms with Gasteiger partial charge in [0.2, 0.25) is 5.91 Å². The molecule has 2 aliphatic heterocycles. The van der Waals surface area contributed by atoms with Crippen molar-refractivity contribution in [1.82, 2.24) is 10.6 Å². The lowest BCUT2D eigenvalue weighted by Gasteiger charge is -2.22. The Bertz CT molecular complexity index is 246. The van der Waals surface area contributed by atoms with E-state index in [0.29, 0.717) is 18.6 Å². The highest BCUT2D eigenvalue weighted by Gasteiger charge is 2.16. The Morgan fingerprint density at radius 3 is 2.89 bits per heavy atom. The zero-order valence-electron chi connectivity index (χ0n) is 11.2. The van der Waals surface area contributed by atoms with Gasteiger partial charge in [-0.15, -0.1) is 0 Å². The van der Waals surface area contributed by atoms with Crippen LogP contribution >= 0.6 is 0 Å². The summed E-state index contributed by atoms with van der Waals surface area (Å²) in [5, 5.41) is 6.46. The maximum absolute atomic E-state index is 11.7. The van der Waals surface area contributed by atoms with Crippen molar-refractivity contribution in [3.05, 3.63) is 0 Å². The Labute approximate surface area is 110 Å². The van der Waals surface area contributed by atoms with Gasteiger partial charge in [0.15, 0.2) is 0 Å². The summed E-state index contributed by atoms with van der Waals surface area (Å²) < 4.78 is 5.62.